The molecule has 0 saturated heterocycles. The van der Waals surface area contributed by atoms with Gasteiger partial charge in [0.1, 0.15) is 0 Å². The van der Waals surface area contributed by atoms with Gasteiger partial charge in [-0.05, 0) is 31.4 Å². The van der Waals surface area contributed by atoms with Crippen molar-refractivity contribution in [3.63, 3.8) is 0 Å². The van der Waals surface area contributed by atoms with E-state index in [1.54, 1.807) is 7.11 Å². The zero-order valence-electron chi connectivity index (χ0n) is 12.1. The summed E-state index contributed by atoms with van der Waals surface area (Å²) in [6, 6.07) is 6.82. The van der Waals surface area contributed by atoms with Crippen LogP contribution < -0.4 is 10.6 Å². The standard InChI is InChI=1S/C15H26N2O/c1-5-14(16)11-13-10-12(2)6-7-15(13)17(3)8-9-18-4/h6-7,10,14H,5,8-9,11,16H2,1-4H3. The molecule has 2 N–H and O–H groups in total. The van der Waals surface area contributed by atoms with Gasteiger partial charge in [0.15, 0.2) is 0 Å². The fourth-order valence-corrected chi connectivity index (χ4v) is 2.03. The van der Waals surface area contributed by atoms with Crippen molar-refractivity contribution in [2.45, 2.75) is 32.7 Å². The van der Waals surface area contributed by atoms with E-state index in [9.17, 15) is 0 Å². The second-order valence-corrected chi connectivity index (χ2v) is 4.92. The smallest absolute Gasteiger partial charge is 0.0637 e. The minimum atomic E-state index is 0.237. The van der Waals surface area contributed by atoms with Crippen molar-refractivity contribution < 1.29 is 4.74 Å². The Morgan fingerprint density at radius 3 is 2.72 bits per heavy atom. The number of benzene rings is 1. The highest BCUT2D eigenvalue weighted by Gasteiger charge is 2.10. The Bertz CT molecular complexity index is 366. The van der Waals surface area contributed by atoms with Gasteiger partial charge in [-0.25, -0.2) is 0 Å². The molecule has 1 aromatic rings. The third-order valence-corrected chi connectivity index (χ3v) is 3.28. The van der Waals surface area contributed by atoms with Gasteiger partial charge in [-0.2, -0.15) is 0 Å². The lowest BCUT2D eigenvalue weighted by atomic mass is 10.0. The molecule has 0 heterocycles. The van der Waals surface area contributed by atoms with E-state index in [0.717, 1.165) is 26.0 Å². The van der Waals surface area contributed by atoms with Crippen LogP contribution in [0.3, 0.4) is 0 Å². The van der Waals surface area contributed by atoms with Gasteiger partial charge in [0.05, 0.1) is 6.61 Å². The van der Waals surface area contributed by atoms with Gasteiger partial charge < -0.3 is 15.4 Å². The van der Waals surface area contributed by atoms with Crippen LogP contribution in [-0.2, 0) is 11.2 Å². The second kappa shape index (κ2) is 7.39. The first kappa shape index (κ1) is 15.0. The topological polar surface area (TPSA) is 38.5 Å². The highest BCUT2D eigenvalue weighted by molar-refractivity contribution is 5.54. The molecule has 3 heteroatoms. The number of hydrogen-bond acceptors (Lipinski definition) is 3. The van der Waals surface area contributed by atoms with Crippen LogP contribution in [0.25, 0.3) is 0 Å². The molecule has 3 nitrogen and oxygen atoms in total. The van der Waals surface area contributed by atoms with Crippen molar-refractivity contribution in [2.75, 3.05) is 32.2 Å². The Morgan fingerprint density at radius 1 is 1.39 bits per heavy atom. The van der Waals surface area contributed by atoms with E-state index in [1.165, 1.54) is 16.8 Å². The van der Waals surface area contributed by atoms with Gasteiger partial charge >= 0.3 is 0 Å². The monoisotopic (exact) mass is 250 g/mol. The fraction of sp³-hybridized carbons (Fsp3) is 0.600. The molecule has 1 rings (SSSR count). The molecular formula is C15H26N2O. The number of hydrogen-bond donors (Lipinski definition) is 1. The Kier molecular flexibility index (Phi) is 6.16. The minimum Gasteiger partial charge on any atom is -0.383 e. The van der Waals surface area contributed by atoms with Crippen molar-refractivity contribution in [3.05, 3.63) is 29.3 Å². The van der Waals surface area contributed by atoms with E-state index in [4.69, 9.17) is 10.5 Å². The quantitative estimate of drug-likeness (QED) is 0.807. The molecule has 0 aliphatic heterocycles. The Balaban J connectivity index is 2.88. The fourth-order valence-electron chi connectivity index (χ4n) is 2.03. The van der Waals surface area contributed by atoms with Crippen molar-refractivity contribution in [1.82, 2.24) is 0 Å². The molecule has 0 aromatic heterocycles. The molecule has 0 amide bonds. The summed E-state index contributed by atoms with van der Waals surface area (Å²) in [4.78, 5) is 2.24. The summed E-state index contributed by atoms with van der Waals surface area (Å²) in [7, 11) is 3.83. The number of methoxy groups -OCH3 is 1. The minimum absolute atomic E-state index is 0.237. The Labute approximate surface area is 111 Å². The summed E-state index contributed by atoms with van der Waals surface area (Å²) in [5.41, 5.74) is 9.97. The molecule has 0 radical (unpaired) electrons. The first-order valence-electron chi connectivity index (χ1n) is 6.63. The molecule has 0 bridgehead atoms. The third-order valence-electron chi connectivity index (χ3n) is 3.28. The summed E-state index contributed by atoms with van der Waals surface area (Å²) < 4.78 is 5.13. The molecule has 1 aromatic carbocycles. The van der Waals surface area contributed by atoms with Crippen LogP contribution in [0.5, 0.6) is 0 Å². The summed E-state index contributed by atoms with van der Waals surface area (Å²) in [5, 5.41) is 0. The maximum atomic E-state index is 6.08. The van der Waals surface area contributed by atoms with Crippen LogP contribution >= 0.6 is 0 Å². The number of aryl methyl sites for hydroxylation is 1. The number of rotatable bonds is 7. The first-order valence-corrected chi connectivity index (χ1v) is 6.63. The van der Waals surface area contributed by atoms with Crippen LogP contribution in [-0.4, -0.2) is 33.4 Å². The average Bonchev–Trinajstić information content (AvgIpc) is 2.36. The summed E-state index contributed by atoms with van der Waals surface area (Å²) >= 11 is 0. The normalized spacial score (nSPS) is 12.5. The van der Waals surface area contributed by atoms with Crippen LogP contribution in [0.15, 0.2) is 18.2 Å². The van der Waals surface area contributed by atoms with Crippen molar-refractivity contribution in [1.29, 1.82) is 0 Å². The SMILES string of the molecule is CCC(N)Cc1cc(C)ccc1N(C)CCOC. The maximum Gasteiger partial charge on any atom is 0.0637 e. The molecule has 0 fully saturated rings. The number of anilines is 1. The van der Waals surface area contributed by atoms with Gasteiger partial charge in [0.2, 0.25) is 0 Å². The van der Waals surface area contributed by atoms with Crippen molar-refractivity contribution >= 4 is 5.69 Å². The lowest BCUT2D eigenvalue weighted by Gasteiger charge is -2.23. The molecule has 1 atom stereocenters. The van der Waals surface area contributed by atoms with E-state index in [1.807, 2.05) is 0 Å². The lowest BCUT2D eigenvalue weighted by molar-refractivity contribution is 0.206. The molecular weight excluding hydrogens is 224 g/mol. The predicted molar refractivity (Wildman–Crippen MR) is 78.3 cm³/mol. The molecule has 1 unspecified atom stereocenters. The Hall–Kier alpha value is -1.06. The summed E-state index contributed by atoms with van der Waals surface area (Å²) in [6.07, 6.45) is 1.94. The lowest BCUT2D eigenvalue weighted by Crippen LogP contribution is -2.26. The summed E-state index contributed by atoms with van der Waals surface area (Å²) in [6.45, 7) is 5.90. The van der Waals surface area contributed by atoms with Gasteiger partial charge in [0.25, 0.3) is 0 Å². The van der Waals surface area contributed by atoms with Gasteiger partial charge in [-0.15, -0.1) is 0 Å². The predicted octanol–water partition coefficient (Wildman–Crippen LogP) is 2.36. The van der Waals surface area contributed by atoms with Crippen LogP contribution in [0.2, 0.25) is 0 Å². The Morgan fingerprint density at radius 2 is 2.11 bits per heavy atom. The van der Waals surface area contributed by atoms with E-state index < -0.39 is 0 Å². The molecule has 18 heavy (non-hydrogen) atoms. The first-order chi connectivity index (χ1) is 8.58. The zero-order valence-corrected chi connectivity index (χ0v) is 12.1. The molecule has 102 valence electrons. The van der Waals surface area contributed by atoms with Crippen molar-refractivity contribution in [3.8, 4) is 0 Å². The second-order valence-electron chi connectivity index (χ2n) is 4.92. The number of likely N-dealkylation sites (N-methyl/N-ethyl adjacent to an activating group) is 1. The highest BCUT2D eigenvalue weighted by atomic mass is 16.5. The van der Waals surface area contributed by atoms with Gasteiger partial charge in [0, 0.05) is 32.4 Å². The molecule has 0 spiro atoms. The van der Waals surface area contributed by atoms with E-state index in [0.29, 0.717) is 0 Å². The molecule has 0 saturated carbocycles. The largest absolute Gasteiger partial charge is 0.383 e. The van der Waals surface area contributed by atoms with Gasteiger partial charge in [-0.3, -0.25) is 0 Å². The summed E-state index contributed by atoms with van der Waals surface area (Å²) in [5.74, 6) is 0. The highest BCUT2D eigenvalue weighted by Crippen LogP contribution is 2.22. The number of nitrogens with two attached hydrogens (primary N) is 1. The third kappa shape index (κ3) is 4.31. The van der Waals surface area contributed by atoms with Crippen LogP contribution in [0, 0.1) is 6.92 Å². The van der Waals surface area contributed by atoms with E-state index >= 15 is 0 Å². The number of ether oxygens (including phenoxy) is 1. The maximum absolute atomic E-state index is 6.08. The number of nitrogens with zero attached hydrogens (tertiary/aromatic N) is 1. The van der Waals surface area contributed by atoms with Crippen molar-refractivity contribution in [2.24, 2.45) is 5.73 Å². The van der Waals surface area contributed by atoms with Crippen LogP contribution in [0.4, 0.5) is 5.69 Å². The zero-order chi connectivity index (χ0) is 13.5. The van der Waals surface area contributed by atoms with E-state index in [-0.39, 0.29) is 6.04 Å². The van der Waals surface area contributed by atoms with E-state index in [2.05, 4.69) is 44.0 Å². The van der Waals surface area contributed by atoms with Gasteiger partial charge in [-0.1, -0.05) is 24.6 Å². The van der Waals surface area contributed by atoms with Crippen LogP contribution in [0.1, 0.15) is 24.5 Å². The molecule has 0 aliphatic rings. The molecule has 0 aliphatic carbocycles. The average molecular weight is 250 g/mol.